The van der Waals surface area contributed by atoms with E-state index in [0.29, 0.717) is 11.1 Å². The summed E-state index contributed by atoms with van der Waals surface area (Å²) in [4.78, 5) is 24.2. The number of ether oxygens (including phenoxy) is 1. The van der Waals surface area contributed by atoms with Crippen LogP contribution in [0.2, 0.25) is 0 Å². The standard InChI is InChI=1S/C19H17NO3/c1-11-6-5-7-15(8-11)19(22)23-18-16(14(4)21)9-12(2)13(3)17(18)10-20/h5-9H,1-4H3. The third-order valence-electron chi connectivity index (χ3n) is 3.74. The summed E-state index contributed by atoms with van der Waals surface area (Å²) in [5, 5.41) is 9.40. The molecule has 0 saturated heterocycles. The summed E-state index contributed by atoms with van der Waals surface area (Å²) in [5.74, 6) is -0.804. The maximum Gasteiger partial charge on any atom is 0.343 e. The van der Waals surface area contributed by atoms with Crippen molar-refractivity contribution in [1.82, 2.24) is 0 Å². The molecule has 0 aliphatic heterocycles. The van der Waals surface area contributed by atoms with Gasteiger partial charge in [0.1, 0.15) is 6.07 Å². The molecule has 2 aromatic rings. The van der Waals surface area contributed by atoms with Crippen molar-refractivity contribution >= 4 is 11.8 Å². The number of Topliss-reactive ketones (excluding diaryl/α,β-unsaturated/α-hetero) is 1. The van der Waals surface area contributed by atoms with E-state index >= 15 is 0 Å². The molecule has 0 unspecified atom stereocenters. The molecule has 2 rings (SSSR count). The fourth-order valence-corrected chi connectivity index (χ4v) is 2.32. The summed E-state index contributed by atoms with van der Waals surface area (Å²) in [6.07, 6.45) is 0. The van der Waals surface area contributed by atoms with Gasteiger partial charge in [0.15, 0.2) is 11.5 Å². The normalized spacial score (nSPS) is 10.0. The number of carbonyl (C=O) groups excluding carboxylic acids is 2. The summed E-state index contributed by atoms with van der Waals surface area (Å²) in [6, 6.07) is 10.6. The Balaban J connectivity index is 2.55. The van der Waals surface area contributed by atoms with E-state index in [-0.39, 0.29) is 22.7 Å². The minimum absolute atomic E-state index is 0.0367. The van der Waals surface area contributed by atoms with Gasteiger partial charge in [0, 0.05) is 0 Å². The van der Waals surface area contributed by atoms with Crippen molar-refractivity contribution in [2.45, 2.75) is 27.7 Å². The number of hydrogen-bond acceptors (Lipinski definition) is 4. The zero-order valence-corrected chi connectivity index (χ0v) is 13.6. The highest BCUT2D eigenvalue weighted by atomic mass is 16.5. The van der Waals surface area contributed by atoms with Crippen LogP contribution in [-0.4, -0.2) is 11.8 Å². The highest BCUT2D eigenvalue weighted by molar-refractivity contribution is 6.00. The van der Waals surface area contributed by atoms with Crippen LogP contribution in [0.3, 0.4) is 0 Å². The van der Waals surface area contributed by atoms with E-state index in [1.54, 1.807) is 31.2 Å². The molecule has 0 radical (unpaired) electrons. The minimum Gasteiger partial charge on any atom is -0.421 e. The van der Waals surface area contributed by atoms with Crippen molar-refractivity contribution in [1.29, 1.82) is 5.26 Å². The topological polar surface area (TPSA) is 67.2 Å². The number of nitriles is 1. The second kappa shape index (κ2) is 6.45. The van der Waals surface area contributed by atoms with Crippen LogP contribution in [0.5, 0.6) is 5.75 Å². The molecule has 0 aromatic heterocycles. The molecule has 23 heavy (non-hydrogen) atoms. The second-order valence-electron chi connectivity index (χ2n) is 5.50. The SMILES string of the molecule is CC(=O)c1cc(C)c(C)c(C#N)c1OC(=O)c1cccc(C)c1. The van der Waals surface area contributed by atoms with Crippen molar-refractivity contribution in [3.63, 3.8) is 0 Å². The minimum atomic E-state index is -0.587. The maximum absolute atomic E-state index is 12.4. The summed E-state index contributed by atoms with van der Waals surface area (Å²) < 4.78 is 5.42. The van der Waals surface area contributed by atoms with E-state index < -0.39 is 5.97 Å². The smallest absolute Gasteiger partial charge is 0.343 e. The first-order chi connectivity index (χ1) is 10.8. The van der Waals surface area contributed by atoms with Gasteiger partial charge in [-0.15, -0.1) is 0 Å². The van der Waals surface area contributed by atoms with E-state index in [1.165, 1.54) is 6.92 Å². The number of ketones is 1. The third-order valence-corrected chi connectivity index (χ3v) is 3.74. The molecule has 0 heterocycles. The predicted molar refractivity (Wildman–Crippen MR) is 86.8 cm³/mol. The van der Waals surface area contributed by atoms with E-state index in [0.717, 1.165) is 11.1 Å². The molecular weight excluding hydrogens is 290 g/mol. The van der Waals surface area contributed by atoms with Crippen molar-refractivity contribution in [3.05, 3.63) is 63.7 Å². The Kier molecular flexibility index (Phi) is 4.61. The molecular formula is C19H17NO3. The highest BCUT2D eigenvalue weighted by Crippen LogP contribution is 2.30. The molecule has 0 spiro atoms. The number of carbonyl (C=O) groups is 2. The average molecular weight is 307 g/mol. The first-order valence-corrected chi connectivity index (χ1v) is 7.19. The van der Waals surface area contributed by atoms with Gasteiger partial charge >= 0.3 is 5.97 Å². The van der Waals surface area contributed by atoms with Crippen LogP contribution in [-0.2, 0) is 0 Å². The van der Waals surface area contributed by atoms with E-state index in [4.69, 9.17) is 4.74 Å². The average Bonchev–Trinajstić information content (AvgIpc) is 2.50. The molecule has 4 heteroatoms. The quantitative estimate of drug-likeness (QED) is 0.490. The van der Waals surface area contributed by atoms with Gasteiger partial charge in [-0.1, -0.05) is 17.7 Å². The number of esters is 1. The van der Waals surface area contributed by atoms with Gasteiger partial charge in [-0.05, 0) is 57.0 Å². The zero-order valence-electron chi connectivity index (χ0n) is 13.6. The predicted octanol–water partition coefficient (Wildman–Crippen LogP) is 3.91. The number of rotatable bonds is 3. The lowest BCUT2D eigenvalue weighted by molar-refractivity contribution is 0.0732. The van der Waals surface area contributed by atoms with Crippen molar-refractivity contribution in [2.24, 2.45) is 0 Å². The van der Waals surface area contributed by atoms with Crippen molar-refractivity contribution in [2.75, 3.05) is 0 Å². The molecule has 0 saturated carbocycles. The van der Waals surface area contributed by atoms with Crippen LogP contribution in [0.25, 0.3) is 0 Å². The molecule has 2 aromatic carbocycles. The van der Waals surface area contributed by atoms with Crippen LogP contribution in [0.15, 0.2) is 30.3 Å². The Labute approximate surface area is 135 Å². The summed E-state index contributed by atoms with van der Waals surface area (Å²) in [7, 11) is 0. The molecule has 0 aliphatic rings. The fourth-order valence-electron chi connectivity index (χ4n) is 2.32. The Bertz CT molecular complexity index is 844. The van der Waals surface area contributed by atoms with Crippen molar-refractivity contribution < 1.29 is 14.3 Å². The highest BCUT2D eigenvalue weighted by Gasteiger charge is 2.21. The second-order valence-corrected chi connectivity index (χ2v) is 5.50. The molecule has 0 aliphatic carbocycles. The maximum atomic E-state index is 12.4. The number of aryl methyl sites for hydroxylation is 2. The summed E-state index contributed by atoms with van der Waals surface area (Å²) in [6.45, 7) is 6.83. The molecule has 0 amide bonds. The zero-order chi connectivity index (χ0) is 17.1. The van der Waals surface area contributed by atoms with Gasteiger partial charge < -0.3 is 4.74 Å². The largest absolute Gasteiger partial charge is 0.421 e. The molecule has 0 N–H and O–H groups in total. The number of nitrogens with zero attached hydrogens (tertiary/aromatic N) is 1. The molecule has 116 valence electrons. The summed E-state index contributed by atoms with van der Waals surface area (Å²) >= 11 is 0. The first kappa shape index (κ1) is 16.4. The van der Waals surface area contributed by atoms with Gasteiger partial charge in [0.25, 0.3) is 0 Å². The Morgan fingerprint density at radius 1 is 1.13 bits per heavy atom. The molecule has 0 fully saturated rings. The van der Waals surface area contributed by atoms with Crippen LogP contribution in [0, 0.1) is 32.1 Å². The van der Waals surface area contributed by atoms with E-state index in [1.807, 2.05) is 26.0 Å². The fraction of sp³-hybridized carbons (Fsp3) is 0.211. The van der Waals surface area contributed by atoms with Crippen LogP contribution < -0.4 is 4.74 Å². The first-order valence-electron chi connectivity index (χ1n) is 7.19. The van der Waals surface area contributed by atoms with Crippen LogP contribution in [0.1, 0.15) is 49.9 Å². The monoisotopic (exact) mass is 307 g/mol. The van der Waals surface area contributed by atoms with E-state index in [2.05, 4.69) is 0 Å². The summed E-state index contributed by atoms with van der Waals surface area (Å²) in [5.41, 5.74) is 3.27. The molecule has 0 bridgehead atoms. The lowest BCUT2D eigenvalue weighted by Crippen LogP contribution is -2.13. The Morgan fingerprint density at radius 2 is 1.83 bits per heavy atom. The van der Waals surface area contributed by atoms with E-state index in [9.17, 15) is 14.9 Å². The van der Waals surface area contributed by atoms with Gasteiger partial charge in [0.2, 0.25) is 0 Å². The molecule has 0 atom stereocenters. The van der Waals surface area contributed by atoms with Crippen molar-refractivity contribution in [3.8, 4) is 11.8 Å². The lowest BCUT2D eigenvalue weighted by Gasteiger charge is -2.14. The van der Waals surface area contributed by atoms with Gasteiger partial charge in [-0.25, -0.2) is 4.79 Å². The number of benzene rings is 2. The van der Waals surface area contributed by atoms with Gasteiger partial charge in [0.05, 0.1) is 16.7 Å². The number of hydrogen-bond donors (Lipinski definition) is 0. The van der Waals surface area contributed by atoms with Gasteiger partial charge in [-0.2, -0.15) is 5.26 Å². The van der Waals surface area contributed by atoms with Crippen LogP contribution >= 0.6 is 0 Å². The third kappa shape index (κ3) is 3.29. The molecule has 4 nitrogen and oxygen atoms in total. The Morgan fingerprint density at radius 3 is 2.39 bits per heavy atom. The van der Waals surface area contributed by atoms with Gasteiger partial charge in [-0.3, -0.25) is 4.79 Å². The lowest BCUT2D eigenvalue weighted by atomic mass is 9.97. The van der Waals surface area contributed by atoms with Crippen LogP contribution in [0.4, 0.5) is 0 Å². The Hall–Kier alpha value is -2.93.